The summed E-state index contributed by atoms with van der Waals surface area (Å²) in [5.74, 6) is 1.60. The molecule has 3 nitrogen and oxygen atoms in total. The molecule has 0 spiro atoms. The van der Waals surface area contributed by atoms with Crippen molar-refractivity contribution in [3.05, 3.63) is 22.7 Å². The second-order valence-electron chi connectivity index (χ2n) is 6.14. The van der Waals surface area contributed by atoms with E-state index in [4.69, 9.17) is 21.1 Å². The van der Waals surface area contributed by atoms with E-state index in [-0.39, 0.29) is 5.41 Å². The van der Waals surface area contributed by atoms with E-state index in [1.807, 2.05) is 19.2 Å². The van der Waals surface area contributed by atoms with E-state index < -0.39 is 0 Å². The minimum Gasteiger partial charge on any atom is -0.490 e. The Morgan fingerprint density at radius 3 is 2.50 bits per heavy atom. The topological polar surface area (TPSA) is 30.5 Å². The van der Waals surface area contributed by atoms with Gasteiger partial charge in [0.15, 0.2) is 11.5 Å². The molecular weight excluding hydrogens is 274 g/mol. The van der Waals surface area contributed by atoms with Crippen LogP contribution in [-0.2, 0) is 6.42 Å². The second-order valence-corrected chi connectivity index (χ2v) is 6.54. The molecule has 0 atom stereocenters. The molecule has 1 aromatic rings. The van der Waals surface area contributed by atoms with Crippen LogP contribution in [0.25, 0.3) is 0 Å². The quantitative estimate of drug-likeness (QED) is 0.899. The van der Waals surface area contributed by atoms with Crippen LogP contribution in [0, 0.1) is 5.41 Å². The van der Waals surface area contributed by atoms with Gasteiger partial charge in [0.25, 0.3) is 0 Å². The van der Waals surface area contributed by atoms with Crippen LogP contribution in [0.5, 0.6) is 11.5 Å². The first-order chi connectivity index (χ1) is 9.52. The van der Waals surface area contributed by atoms with Crippen molar-refractivity contribution in [1.82, 2.24) is 5.32 Å². The Kier molecular flexibility index (Phi) is 5.17. The lowest BCUT2D eigenvalue weighted by molar-refractivity contribution is 0.296. The number of rotatable bonds is 5. The summed E-state index contributed by atoms with van der Waals surface area (Å²) in [5, 5.41) is 4.01. The zero-order valence-electron chi connectivity index (χ0n) is 12.6. The Bertz CT molecular complexity index is 460. The van der Waals surface area contributed by atoms with Crippen LogP contribution in [-0.4, -0.2) is 26.8 Å². The summed E-state index contributed by atoms with van der Waals surface area (Å²) in [4.78, 5) is 0. The SMILES string of the molecule is CNCC(C)(C)CCc1cc2c(cc1Cl)OCCCO2. The molecule has 1 aliphatic rings. The molecule has 1 N–H and O–H groups in total. The Hall–Kier alpha value is -0.930. The fourth-order valence-corrected chi connectivity index (χ4v) is 2.71. The summed E-state index contributed by atoms with van der Waals surface area (Å²) in [5.41, 5.74) is 1.39. The zero-order chi connectivity index (χ0) is 14.6. The Labute approximate surface area is 126 Å². The number of fused-ring (bicyclic) bond motifs is 1. The van der Waals surface area contributed by atoms with Gasteiger partial charge in [-0.1, -0.05) is 25.4 Å². The lowest BCUT2D eigenvalue weighted by Crippen LogP contribution is -2.27. The molecule has 1 aliphatic heterocycles. The third kappa shape index (κ3) is 4.03. The van der Waals surface area contributed by atoms with Crippen LogP contribution in [0.2, 0.25) is 5.02 Å². The van der Waals surface area contributed by atoms with E-state index in [1.165, 1.54) is 0 Å². The molecule has 0 saturated heterocycles. The third-order valence-corrected chi connectivity index (χ3v) is 3.99. The second kappa shape index (κ2) is 6.68. The summed E-state index contributed by atoms with van der Waals surface area (Å²) in [6.45, 7) is 6.92. The average molecular weight is 298 g/mol. The summed E-state index contributed by atoms with van der Waals surface area (Å²) in [7, 11) is 1.99. The van der Waals surface area contributed by atoms with Crippen molar-refractivity contribution in [3.8, 4) is 11.5 Å². The number of halogens is 1. The molecule has 4 heteroatoms. The molecule has 0 radical (unpaired) electrons. The maximum Gasteiger partial charge on any atom is 0.162 e. The molecular formula is C16H24ClNO2. The van der Waals surface area contributed by atoms with Crippen molar-refractivity contribution in [1.29, 1.82) is 0 Å². The number of nitrogens with one attached hydrogen (secondary N) is 1. The van der Waals surface area contributed by atoms with Gasteiger partial charge in [-0.2, -0.15) is 0 Å². The lowest BCUT2D eigenvalue weighted by atomic mass is 9.86. The minimum atomic E-state index is 0.252. The van der Waals surface area contributed by atoms with Gasteiger partial charge in [-0.25, -0.2) is 0 Å². The van der Waals surface area contributed by atoms with Gasteiger partial charge >= 0.3 is 0 Å². The molecule has 0 saturated carbocycles. The lowest BCUT2D eigenvalue weighted by Gasteiger charge is -2.24. The fourth-order valence-electron chi connectivity index (χ4n) is 2.46. The first-order valence-corrected chi connectivity index (χ1v) is 7.62. The first kappa shape index (κ1) is 15.5. The van der Waals surface area contributed by atoms with Crippen LogP contribution in [0.3, 0.4) is 0 Å². The number of benzene rings is 1. The molecule has 112 valence electrons. The maximum atomic E-state index is 6.37. The van der Waals surface area contributed by atoms with Crippen LogP contribution in [0.1, 0.15) is 32.3 Å². The molecule has 2 rings (SSSR count). The molecule has 0 aliphatic carbocycles. The van der Waals surface area contributed by atoms with Crippen molar-refractivity contribution in [2.45, 2.75) is 33.1 Å². The van der Waals surface area contributed by atoms with Gasteiger partial charge in [0.1, 0.15) is 0 Å². The van der Waals surface area contributed by atoms with Gasteiger partial charge in [0.05, 0.1) is 13.2 Å². The highest BCUT2D eigenvalue weighted by Crippen LogP contribution is 2.36. The monoisotopic (exact) mass is 297 g/mol. The van der Waals surface area contributed by atoms with E-state index in [0.29, 0.717) is 13.2 Å². The molecule has 0 amide bonds. The molecule has 0 fully saturated rings. The van der Waals surface area contributed by atoms with Crippen molar-refractivity contribution in [2.75, 3.05) is 26.8 Å². The van der Waals surface area contributed by atoms with Crippen molar-refractivity contribution in [3.63, 3.8) is 0 Å². The summed E-state index contributed by atoms with van der Waals surface area (Å²) in [6, 6.07) is 3.93. The smallest absolute Gasteiger partial charge is 0.162 e. The van der Waals surface area contributed by atoms with Gasteiger partial charge in [-0.05, 0) is 43.5 Å². The van der Waals surface area contributed by atoms with E-state index in [9.17, 15) is 0 Å². The summed E-state index contributed by atoms with van der Waals surface area (Å²) >= 11 is 6.37. The number of ether oxygens (including phenoxy) is 2. The molecule has 0 aromatic heterocycles. The van der Waals surface area contributed by atoms with Crippen LogP contribution in [0.4, 0.5) is 0 Å². The van der Waals surface area contributed by atoms with Crippen molar-refractivity contribution < 1.29 is 9.47 Å². The van der Waals surface area contributed by atoms with Gasteiger partial charge in [0.2, 0.25) is 0 Å². The van der Waals surface area contributed by atoms with E-state index >= 15 is 0 Å². The van der Waals surface area contributed by atoms with E-state index in [1.54, 1.807) is 0 Å². The van der Waals surface area contributed by atoms with Gasteiger partial charge < -0.3 is 14.8 Å². The van der Waals surface area contributed by atoms with Gasteiger partial charge in [-0.3, -0.25) is 0 Å². The third-order valence-electron chi connectivity index (χ3n) is 3.64. The van der Waals surface area contributed by atoms with Crippen LogP contribution in [0.15, 0.2) is 12.1 Å². The number of hydrogen-bond acceptors (Lipinski definition) is 3. The molecule has 1 aromatic carbocycles. The normalized spacial score (nSPS) is 15.0. The molecule has 0 unspecified atom stereocenters. The van der Waals surface area contributed by atoms with Crippen LogP contribution >= 0.6 is 11.6 Å². The highest BCUT2D eigenvalue weighted by Gasteiger charge is 2.19. The Morgan fingerprint density at radius 2 is 1.85 bits per heavy atom. The Balaban J connectivity index is 2.10. The predicted molar refractivity (Wildman–Crippen MR) is 83.1 cm³/mol. The van der Waals surface area contributed by atoms with Crippen molar-refractivity contribution in [2.24, 2.45) is 5.41 Å². The largest absolute Gasteiger partial charge is 0.490 e. The molecule has 0 bridgehead atoms. The maximum absolute atomic E-state index is 6.37. The number of hydrogen-bond donors (Lipinski definition) is 1. The summed E-state index contributed by atoms with van der Waals surface area (Å²) in [6.07, 6.45) is 2.94. The number of aryl methyl sites for hydroxylation is 1. The van der Waals surface area contributed by atoms with Gasteiger partial charge in [0, 0.05) is 17.5 Å². The van der Waals surface area contributed by atoms with E-state index in [2.05, 4.69) is 19.2 Å². The fraction of sp³-hybridized carbons (Fsp3) is 0.625. The highest BCUT2D eigenvalue weighted by atomic mass is 35.5. The van der Waals surface area contributed by atoms with Gasteiger partial charge in [-0.15, -0.1) is 0 Å². The highest BCUT2D eigenvalue weighted by molar-refractivity contribution is 6.31. The first-order valence-electron chi connectivity index (χ1n) is 7.24. The summed E-state index contributed by atoms with van der Waals surface area (Å²) < 4.78 is 11.4. The van der Waals surface area contributed by atoms with Crippen molar-refractivity contribution >= 4 is 11.6 Å². The Morgan fingerprint density at radius 1 is 1.20 bits per heavy atom. The predicted octanol–water partition coefficient (Wildman–Crippen LogP) is 3.68. The van der Waals surface area contributed by atoms with E-state index in [0.717, 1.165) is 47.9 Å². The minimum absolute atomic E-state index is 0.252. The molecule has 1 heterocycles. The van der Waals surface area contributed by atoms with Crippen LogP contribution < -0.4 is 14.8 Å². The average Bonchev–Trinajstić information content (AvgIpc) is 2.60. The zero-order valence-corrected chi connectivity index (χ0v) is 13.3. The molecule has 20 heavy (non-hydrogen) atoms. The standard InChI is InChI=1S/C16H24ClNO2/c1-16(2,11-18-3)6-5-12-9-14-15(10-13(12)17)20-8-4-7-19-14/h9-10,18H,4-8,11H2,1-3H3.